The number of halogens is 1. The lowest BCUT2D eigenvalue weighted by Crippen LogP contribution is -2.35. The van der Waals surface area contributed by atoms with Crippen LogP contribution in [0.1, 0.15) is 6.42 Å². The predicted molar refractivity (Wildman–Crippen MR) is 125 cm³/mol. The van der Waals surface area contributed by atoms with E-state index in [0.29, 0.717) is 32.6 Å². The van der Waals surface area contributed by atoms with E-state index in [2.05, 4.69) is 33.1 Å². The molecule has 0 radical (unpaired) electrons. The largest absolute Gasteiger partial charge is 0.355 e. The van der Waals surface area contributed by atoms with E-state index < -0.39 is 15.8 Å². The molecule has 0 unspecified atom stereocenters. The molecule has 0 N–H and O–H groups in total. The van der Waals surface area contributed by atoms with Crippen LogP contribution in [0.4, 0.5) is 10.2 Å². The van der Waals surface area contributed by atoms with E-state index in [-0.39, 0.29) is 4.90 Å². The van der Waals surface area contributed by atoms with E-state index >= 15 is 0 Å². The first-order valence-electron chi connectivity index (χ1n) is 10.3. The summed E-state index contributed by atoms with van der Waals surface area (Å²) in [6, 6.07) is 17.3. The van der Waals surface area contributed by atoms with Crippen LogP contribution < -0.4 is 4.90 Å². The minimum absolute atomic E-state index is 0.113. The number of hydrogen-bond acceptors (Lipinski definition) is 6. The lowest BCUT2D eigenvalue weighted by molar-refractivity contribution is 0.433. The second-order valence-electron chi connectivity index (χ2n) is 7.59. The van der Waals surface area contributed by atoms with E-state index in [1.165, 1.54) is 28.6 Å². The Bertz CT molecular complexity index is 1340. The number of rotatable bonds is 4. The number of hydrogen-bond donors (Lipinski definition) is 0. The Morgan fingerprint density at radius 3 is 2.47 bits per heavy atom. The summed E-state index contributed by atoms with van der Waals surface area (Å²) in [6.45, 7) is 1.95. The molecule has 0 spiro atoms. The van der Waals surface area contributed by atoms with Gasteiger partial charge < -0.3 is 4.90 Å². The van der Waals surface area contributed by atoms with Gasteiger partial charge in [0, 0.05) is 31.1 Å². The quantitative estimate of drug-likeness (QED) is 0.444. The molecule has 32 heavy (non-hydrogen) atoms. The van der Waals surface area contributed by atoms with Crippen LogP contribution in [0.15, 0.2) is 71.9 Å². The molecule has 1 aliphatic heterocycles. The van der Waals surface area contributed by atoms with E-state index in [0.717, 1.165) is 26.5 Å². The summed E-state index contributed by atoms with van der Waals surface area (Å²) in [5.41, 5.74) is 1.13. The van der Waals surface area contributed by atoms with Crippen molar-refractivity contribution in [3.63, 3.8) is 0 Å². The van der Waals surface area contributed by atoms with Crippen molar-refractivity contribution in [2.24, 2.45) is 0 Å². The minimum Gasteiger partial charge on any atom is -0.355 e. The molecular formula is C23H21FN4O2S2. The SMILES string of the molecule is O=S(=O)(c1ccc(F)cc1)N1CCCN(c2ncnc3sc(-c4ccccc4)cc23)CC1. The first-order valence-corrected chi connectivity index (χ1v) is 12.6. The van der Waals surface area contributed by atoms with Crippen molar-refractivity contribution in [1.82, 2.24) is 14.3 Å². The summed E-state index contributed by atoms with van der Waals surface area (Å²) in [7, 11) is -3.67. The first kappa shape index (κ1) is 21.0. The number of benzene rings is 2. The summed E-state index contributed by atoms with van der Waals surface area (Å²) >= 11 is 1.62. The maximum atomic E-state index is 13.2. The average molecular weight is 469 g/mol. The fraction of sp³-hybridized carbons (Fsp3) is 0.217. The molecule has 0 aliphatic carbocycles. The topological polar surface area (TPSA) is 66.4 Å². The van der Waals surface area contributed by atoms with Crippen LogP contribution in [0, 0.1) is 5.82 Å². The van der Waals surface area contributed by atoms with Crippen LogP contribution >= 0.6 is 11.3 Å². The standard InChI is InChI=1S/C23H21FN4O2S2/c24-18-7-9-19(10-8-18)32(29,30)28-12-4-11-27(13-14-28)22-20-15-21(17-5-2-1-3-6-17)31-23(20)26-16-25-22/h1-3,5-10,15-16H,4,11-14H2. The van der Waals surface area contributed by atoms with Crippen molar-refractivity contribution in [1.29, 1.82) is 0 Å². The summed E-state index contributed by atoms with van der Waals surface area (Å²) in [5.74, 6) is 0.374. The van der Waals surface area contributed by atoms with Crippen LogP contribution in [0.25, 0.3) is 20.7 Å². The van der Waals surface area contributed by atoms with Gasteiger partial charge in [-0.1, -0.05) is 30.3 Å². The van der Waals surface area contributed by atoms with Crippen molar-refractivity contribution in [3.8, 4) is 10.4 Å². The maximum Gasteiger partial charge on any atom is 0.243 e. The Morgan fingerprint density at radius 2 is 1.69 bits per heavy atom. The molecule has 3 heterocycles. The fourth-order valence-corrected chi connectivity index (χ4v) is 6.41. The highest BCUT2D eigenvalue weighted by molar-refractivity contribution is 7.89. The normalized spacial score (nSPS) is 15.7. The Morgan fingerprint density at radius 1 is 0.906 bits per heavy atom. The van der Waals surface area contributed by atoms with E-state index in [1.54, 1.807) is 17.7 Å². The van der Waals surface area contributed by atoms with Crippen LogP contribution in [-0.4, -0.2) is 48.9 Å². The minimum atomic E-state index is -3.67. The first-order chi connectivity index (χ1) is 15.5. The molecule has 0 atom stereocenters. The van der Waals surface area contributed by atoms with Gasteiger partial charge in [-0.15, -0.1) is 11.3 Å². The van der Waals surface area contributed by atoms with Gasteiger partial charge in [0.2, 0.25) is 10.0 Å². The van der Waals surface area contributed by atoms with Crippen LogP contribution in [0.3, 0.4) is 0 Å². The van der Waals surface area contributed by atoms with Gasteiger partial charge in [-0.05, 0) is 42.3 Å². The highest BCUT2D eigenvalue weighted by Gasteiger charge is 2.28. The van der Waals surface area contributed by atoms with Crippen LogP contribution in [-0.2, 0) is 10.0 Å². The van der Waals surface area contributed by atoms with Crippen molar-refractivity contribution in [2.45, 2.75) is 11.3 Å². The summed E-state index contributed by atoms with van der Waals surface area (Å²) < 4.78 is 40.8. The van der Waals surface area contributed by atoms with Crippen molar-refractivity contribution < 1.29 is 12.8 Å². The van der Waals surface area contributed by atoms with Gasteiger partial charge in [0.05, 0.1) is 10.3 Å². The zero-order valence-electron chi connectivity index (χ0n) is 17.2. The zero-order valence-corrected chi connectivity index (χ0v) is 18.8. The van der Waals surface area contributed by atoms with Gasteiger partial charge in [-0.25, -0.2) is 22.8 Å². The second-order valence-corrected chi connectivity index (χ2v) is 10.6. The van der Waals surface area contributed by atoms with Crippen LogP contribution in [0.2, 0.25) is 0 Å². The molecule has 6 nitrogen and oxygen atoms in total. The molecule has 0 saturated carbocycles. The number of aromatic nitrogens is 2. The summed E-state index contributed by atoms with van der Waals surface area (Å²) in [4.78, 5) is 13.3. The third kappa shape index (κ3) is 3.99. The zero-order chi connectivity index (χ0) is 22.1. The number of thiophene rings is 1. The smallest absolute Gasteiger partial charge is 0.243 e. The number of anilines is 1. The lowest BCUT2D eigenvalue weighted by atomic mass is 10.2. The van der Waals surface area contributed by atoms with E-state index in [4.69, 9.17) is 0 Å². The Kier molecular flexibility index (Phi) is 5.62. The van der Waals surface area contributed by atoms with Gasteiger partial charge >= 0.3 is 0 Å². The van der Waals surface area contributed by atoms with Gasteiger partial charge in [0.15, 0.2) is 0 Å². The van der Waals surface area contributed by atoms with Crippen molar-refractivity contribution in [2.75, 3.05) is 31.1 Å². The molecule has 1 aliphatic rings. The Labute approximate surface area is 190 Å². The van der Waals surface area contributed by atoms with E-state index in [9.17, 15) is 12.8 Å². The monoisotopic (exact) mass is 468 g/mol. The Hall–Kier alpha value is -2.88. The van der Waals surface area contributed by atoms with Crippen LogP contribution in [0.5, 0.6) is 0 Å². The predicted octanol–water partition coefficient (Wildman–Crippen LogP) is 4.40. The van der Waals surface area contributed by atoms with Gasteiger partial charge in [-0.3, -0.25) is 0 Å². The molecule has 164 valence electrons. The molecule has 1 saturated heterocycles. The second kappa shape index (κ2) is 8.57. The summed E-state index contributed by atoms with van der Waals surface area (Å²) in [6.07, 6.45) is 2.24. The average Bonchev–Trinajstić information content (AvgIpc) is 3.09. The number of nitrogens with zero attached hydrogens (tertiary/aromatic N) is 4. The molecule has 0 bridgehead atoms. The molecule has 0 amide bonds. The van der Waals surface area contributed by atoms with Gasteiger partial charge in [0.25, 0.3) is 0 Å². The molecular weight excluding hydrogens is 447 g/mol. The van der Waals surface area contributed by atoms with Gasteiger partial charge in [0.1, 0.15) is 22.8 Å². The molecule has 2 aromatic carbocycles. The maximum absolute atomic E-state index is 13.2. The van der Waals surface area contributed by atoms with E-state index in [1.807, 2.05) is 18.2 Å². The number of sulfonamides is 1. The molecule has 9 heteroatoms. The lowest BCUT2D eigenvalue weighted by Gasteiger charge is -2.23. The third-order valence-corrected chi connectivity index (χ3v) is 8.58. The molecule has 1 fully saturated rings. The molecule has 5 rings (SSSR count). The molecule has 2 aromatic heterocycles. The molecule has 4 aromatic rings. The Balaban J connectivity index is 1.41. The third-order valence-electron chi connectivity index (χ3n) is 5.57. The summed E-state index contributed by atoms with van der Waals surface area (Å²) in [5, 5.41) is 0.978. The fourth-order valence-electron chi connectivity index (χ4n) is 3.94. The van der Waals surface area contributed by atoms with Crippen molar-refractivity contribution in [3.05, 3.63) is 72.8 Å². The number of fused-ring (bicyclic) bond motifs is 1. The highest BCUT2D eigenvalue weighted by Crippen LogP contribution is 2.36. The van der Waals surface area contributed by atoms with Crippen molar-refractivity contribution >= 4 is 37.4 Å². The highest BCUT2D eigenvalue weighted by atomic mass is 32.2. The van der Waals surface area contributed by atoms with Gasteiger partial charge in [-0.2, -0.15) is 4.31 Å².